The van der Waals surface area contributed by atoms with Gasteiger partial charge in [-0.05, 0) is 31.2 Å². The number of benzene rings is 1. The fraction of sp³-hybridized carbons (Fsp3) is 0.500. The molecule has 2 rings (SSSR count). The van der Waals surface area contributed by atoms with Crippen LogP contribution in [0.4, 0.5) is 13.2 Å². The summed E-state index contributed by atoms with van der Waals surface area (Å²) >= 11 is 0. The maximum Gasteiger partial charge on any atom is 0.573 e. The first-order chi connectivity index (χ1) is 11.5. The first-order valence-electron chi connectivity index (χ1n) is 7.50. The highest BCUT2D eigenvalue weighted by molar-refractivity contribution is 7.89. The number of piperazine rings is 1. The Balaban J connectivity index is 2.06. The Morgan fingerprint density at radius 2 is 1.76 bits per heavy atom. The van der Waals surface area contributed by atoms with E-state index in [4.69, 9.17) is 5.73 Å². The summed E-state index contributed by atoms with van der Waals surface area (Å²) in [6, 6.07) is 3.64. The van der Waals surface area contributed by atoms with Gasteiger partial charge in [0, 0.05) is 0 Å². The van der Waals surface area contributed by atoms with E-state index in [-0.39, 0.29) is 18.0 Å². The van der Waals surface area contributed by atoms with E-state index >= 15 is 0 Å². The Labute approximate surface area is 143 Å². The number of nitrogens with one attached hydrogen (secondary N) is 1. The summed E-state index contributed by atoms with van der Waals surface area (Å²) in [6.45, 7) is 2.89. The summed E-state index contributed by atoms with van der Waals surface area (Å²) in [5.41, 5.74) is 5.25. The minimum Gasteiger partial charge on any atom is -0.406 e. The van der Waals surface area contributed by atoms with Crippen molar-refractivity contribution < 1.29 is 36.0 Å². The number of ether oxygens (including phenoxy) is 1. The summed E-state index contributed by atoms with van der Waals surface area (Å²) < 4.78 is 66.5. The molecule has 1 heterocycles. The van der Waals surface area contributed by atoms with Crippen molar-refractivity contribution in [2.24, 2.45) is 5.73 Å². The summed E-state index contributed by atoms with van der Waals surface area (Å²) in [5, 5.41) is 0. The molecule has 1 saturated heterocycles. The van der Waals surface area contributed by atoms with Gasteiger partial charge in [-0.2, -0.15) is 4.31 Å². The van der Waals surface area contributed by atoms with Crippen LogP contribution in [0.3, 0.4) is 0 Å². The number of rotatable bonds is 5. The molecule has 1 aromatic carbocycles. The number of nitrogens with two attached hydrogens (primary N) is 1. The van der Waals surface area contributed by atoms with E-state index in [1.807, 2.05) is 0 Å². The van der Waals surface area contributed by atoms with Crippen LogP contribution < -0.4 is 15.4 Å². The average Bonchev–Trinajstić information content (AvgIpc) is 2.53. The highest BCUT2D eigenvalue weighted by Gasteiger charge is 2.34. The zero-order valence-corrected chi connectivity index (χ0v) is 14.2. The van der Waals surface area contributed by atoms with E-state index in [1.54, 1.807) is 6.92 Å². The lowest BCUT2D eigenvalue weighted by molar-refractivity contribution is -0.917. The van der Waals surface area contributed by atoms with Gasteiger partial charge < -0.3 is 15.4 Å². The van der Waals surface area contributed by atoms with Gasteiger partial charge in [0.15, 0.2) is 6.04 Å². The van der Waals surface area contributed by atoms with Crippen LogP contribution in [0.25, 0.3) is 0 Å². The van der Waals surface area contributed by atoms with E-state index in [2.05, 4.69) is 4.74 Å². The third-order valence-electron chi connectivity index (χ3n) is 4.10. The van der Waals surface area contributed by atoms with E-state index in [1.165, 1.54) is 4.31 Å². The number of amides is 1. The van der Waals surface area contributed by atoms with Gasteiger partial charge in [-0.1, -0.05) is 0 Å². The molecule has 1 aliphatic rings. The highest BCUT2D eigenvalue weighted by Crippen LogP contribution is 2.25. The Bertz CT molecular complexity index is 714. The standard InChI is InChI=1S/C14H18F3N3O4S/c1-10(13(18)21)19-6-8-20(9-7-19)25(22,23)12-4-2-11(3-5-12)24-14(15,16)17/h2-5,10H,6-9H2,1H3,(H2,18,21)/p+1/t10-/m1/s1. The quantitative estimate of drug-likeness (QED) is 0.708. The Hall–Kier alpha value is -1.85. The molecule has 0 bridgehead atoms. The molecule has 1 aromatic rings. The van der Waals surface area contributed by atoms with E-state index < -0.39 is 34.1 Å². The molecular formula is C14H19F3N3O4S+. The van der Waals surface area contributed by atoms with Crippen LogP contribution in [-0.2, 0) is 14.8 Å². The number of quaternary nitrogens is 1. The maximum atomic E-state index is 12.6. The monoisotopic (exact) mass is 382 g/mol. The number of sulfonamides is 1. The highest BCUT2D eigenvalue weighted by atomic mass is 32.2. The second-order valence-electron chi connectivity index (χ2n) is 5.71. The molecule has 0 saturated carbocycles. The second kappa shape index (κ2) is 7.18. The molecule has 3 N–H and O–H groups in total. The molecular weight excluding hydrogens is 363 g/mol. The largest absolute Gasteiger partial charge is 0.573 e. The molecule has 1 amide bonds. The van der Waals surface area contributed by atoms with Gasteiger partial charge in [0.1, 0.15) is 5.75 Å². The van der Waals surface area contributed by atoms with Crippen LogP contribution >= 0.6 is 0 Å². The molecule has 1 atom stereocenters. The molecule has 1 aliphatic heterocycles. The molecule has 0 spiro atoms. The minimum atomic E-state index is -4.84. The van der Waals surface area contributed by atoms with Crippen LogP contribution in [0.1, 0.15) is 6.92 Å². The molecule has 25 heavy (non-hydrogen) atoms. The molecule has 1 fully saturated rings. The van der Waals surface area contributed by atoms with Crippen molar-refractivity contribution in [1.82, 2.24) is 4.31 Å². The number of halogens is 3. The van der Waals surface area contributed by atoms with E-state index in [0.717, 1.165) is 29.2 Å². The van der Waals surface area contributed by atoms with Crippen molar-refractivity contribution >= 4 is 15.9 Å². The lowest BCUT2D eigenvalue weighted by atomic mass is 10.2. The first-order valence-corrected chi connectivity index (χ1v) is 8.94. The maximum absolute atomic E-state index is 12.6. The number of hydrogen-bond donors (Lipinski definition) is 2. The van der Waals surface area contributed by atoms with Gasteiger partial charge in [-0.25, -0.2) is 8.42 Å². The van der Waals surface area contributed by atoms with Gasteiger partial charge >= 0.3 is 6.36 Å². The molecule has 0 radical (unpaired) electrons. The normalized spacial score (nSPS) is 18.7. The van der Waals surface area contributed by atoms with Gasteiger partial charge in [-0.3, -0.25) is 4.79 Å². The number of carbonyl (C=O) groups is 1. The predicted octanol–water partition coefficient (Wildman–Crippen LogP) is -0.652. The molecule has 140 valence electrons. The number of alkyl halides is 3. The van der Waals surface area contributed by atoms with Crippen molar-refractivity contribution in [3.63, 3.8) is 0 Å². The second-order valence-corrected chi connectivity index (χ2v) is 7.64. The number of primary amides is 1. The van der Waals surface area contributed by atoms with Crippen LogP contribution in [0.15, 0.2) is 29.2 Å². The fourth-order valence-electron chi connectivity index (χ4n) is 2.61. The molecule has 0 unspecified atom stereocenters. The molecule has 0 aromatic heterocycles. The Morgan fingerprint density at radius 1 is 1.24 bits per heavy atom. The zero-order chi connectivity index (χ0) is 18.8. The fourth-order valence-corrected chi connectivity index (χ4v) is 4.05. The lowest BCUT2D eigenvalue weighted by Gasteiger charge is -2.33. The van der Waals surface area contributed by atoms with Crippen LogP contribution in [-0.4, -0.2) is 57.2 Å². The van der Waals surface area contributed by atoms with Gasteiger partial charge in [0.05, 0.1) is 31.1 Å². The zero-order valence-electron chi connectivity index (χ0n) is 13.4. The van der Waals surface area contributed by atoms with Crippen molar-refractivity contribution in [3.8, 4) is 5.75 Å². The summed E-state index contributed by atoms with van der Waals surface area (Å²) in [7, 11) is -3.82. The minimum absolute atomic E-state index is 0.117. The number of nitrogens with zero attached hydrogens (tertiary/aromatic N) is 1. The van der Waals surface area contributed by atoms with Gasteiger partial charge in [0.25, 0.3) is 5.91 Å². The topological polar surface area (TPSA) is 94.1 Å². The van der Waals surface area contributed by atoms with E-state index in [9.17, 15) is 26.4 Å². The van der Waals surface area contributed by atoms with Crippen LogP contribution in [0.2, 0.25) is 0 Å². The molecule has 11 heteroatoms. The van der Waals surface area contributed by atoms with Crippen LogP contribution in [0.5, 0.6) is 5.75 Å². The van der Waals surface area contributed by atoms with Gasteiger partial charge in [0.2, 0.25) is 10.0 Å². The van der Waals surface area contributed by atoms with Crippen molar-refractivity contribution in [3.05, 3.63) is 24.3 Å². The summed E-state index contributed by atoms with van der Waals surface area (Å²) in [4.78, 5) is 12.0. The summed E-state index contributed by atoms with van der Waals surface area (Å²) in [5.74, 6) is -0.942. The van der Waals surface area contributed by atoms with Crippen molar-refractivity contribution in [2.75, 3.05) is 26.2 Å². The first kappa shape index (κ1) is 19.5. The smallest absolute Gasteiger partial charge is 0.406 e. The van der Waals surface area contributed by atoms with Crippen molar-refractivity contribution in [2.45, 2.75) is 24.2 Å². The molecule has 0 aliphatic carbocycles. The SMILES string of the molecule is C[C@H](C(N)=O)[NH+]1CCN(S(=O)(=O)c2ccc(OC(F)(F)F)cc2)CC1. The molecule has 7 nitrogen and oxygen atoms in total. The average molecular weight is 382 g/mol. The third-order valence-corrected chi connectivity index (χ3v) is 6.01. The Kier molecular flexibility index (Phi) is 5.59. The summed E-state index contributed by atoms with van der Waals surface area (Å²) in [6.07, 6.45) is -4.84. The van der Waals surface area contributed by atoms with Crippen LogP contribution in [0, 0.1) is 0 Å². The number of hydrogen-bond acceptors (Lipinski definition) is 4. The third kappa shape index (κ3) is 4.83. The van der Waals surface area contributed by atoms with Gasteiger partial charge in [-0.15, -0.1) is 13.2 Å². The lowest BCUT2D eigenvalue weighted by Crippen LogP contribution is -3.19. The van der Waals surface area contributed by atoms with Crippen molar-refractivity contribution in [1.29, 1.82) is 0 Å². The van der Waals surface area contributed by atoms with E-state index in [0.29, 0.717) is 13.1 Å². The number of carbonyl (C=O) groups excluding carboxylic acids is 1. The Morgan fingerprint density at radius 3 is 2.20 bits per heavy atom. The predicted molar refractivity (Wildman–Crippen MR) is 81.2 cm³/mol.